The number of fused-ring (bicyclic) bond motifs is 2. The third-order valence-corrected chi connectivity index (χ3v) is 7.55. The van der Waals surface area contributed by atoms with Crippen molar-refractivity contribution >= 4 is 11.3 Å². The summed E-state index contributed by atoms with van der Waals surface area (Å²) in [6.07, 6.45) is 16.3. The van der Waals surface area contributed by atoms with E-state index in [0.29, 0.717) is 5.92 Å². The van der Waals surface area contributed by atoms with E-state index in [1.807, 2.05) is 7.05 Å². The van der Waals surface area contributed by atoms with Crippen molar-refractivity contribution in [2.45, 2.75) is 19.3 Å². The van der Waals surface area contributed by atoms with E-state index in [1.54, 1.807) is 0 Å². The fraction of sp³-hybridized carbons (Fsp3) is 0.222. The van der Waals surface area contributed by atoms with Crippen LogP contribution in [0.5, 0.6) is 0 Å². The standard InChI is InChI=1S/C27H23N/c1-17-9-6-13-21-18-10-7-11-19-23(18)24-20(25(19)28-3)12-8-14-22(24)26(2)15-4-5-16-27(17,21)26/h4-17H,1-3H3/b28-25+. The molecule has 136 valence electrons. The zero-order chi connectivity index (χ0) is 19.1. The van der Waals surface area contributed by atoms with E-state index in [1.165, 1.54) is 39.0 Å². The molecule has 0 heterocycles. The van der Waals surface area contributed by atoms with Gasteiger partial charge in [-0.25, -0.2) is 0 Å². The van der Waals surface area contributed by atoms with Crippen molar-refractivity contribution in [2.75, 3.05) is 7.05 Å². The van der Waals surface area contributed by atoms with Gasteiger partial charge in [0.05, 0.1) is 5.71 Å². The summed E-state index contributed by atoms with van der Waals surface area (Å²) in [5.74, 6) is 0.406. The number of hydrogen-bond donors (Lipinski definition) is 0. The molecule has 0 N–H and O–H groups in total. The SMILES string of the molecule is C/N=C1\c2cccc3c2-c2c1cccc2C1(C)C=CC=CC12C3=CC=CC2C. The molecule has 3 unspecified atom stereocenters. The van der Waals surface area contributed by atoms with Gasteiger partial charge in [0.1, 0.15) is 0 Å². The van der Waals surface area contributed by atoms with Crippen LogP contribution in [0.25, 0.3) is 16.7 Å². The Labute approximate surface area is 166 Å². The van der Waals surface area contributed by atoms with Crippen LogP contribution in [-0.4, -0.2) is 12.8 Å². The molecule has 1 spiro atoms. The maximum absolute atomic E-state index is 4.71. The summed E-state index contributed by atoms with van der Waals surface area (Å²) >= 11 is 0. The van der Waals surface area contributed by atoms with Crippen LogP contribution in [0.3, 0.4) is 0 Å². The van der Waals surface area contributed by atoms with E-state index < -0.39 is 0 Å². The van der Waals surface area contributed by atoms with E-state index in [2.05, 4.69) is 92.8 Å². The normalized spacial score (nSPS) is 31.9. The summed E-state index contributed by atoms with van der Waals surface area (Å²) in [5.41, 5.74) is 10.4. The Morgan fingerprint density at radius 1 is 0.857 bits per heavy atom. The Morgan fingerprint density at radius 3 is 2.39 bits per heavy atom. The Hall–Kier alpha value is -2.93. The van der Waals surface area contributed by atoms with Crippen molar-refractivity contribution in [3.05, 3.63) is 101 Å². The van der Waals surface area contributed by atoms with Crippen LogP contribution in [0.15, 0.2) is 83.9 Å². The van der Waals surface area contributed by atoms with E-state index in [-0.39, 0.29) is 10.8 Å². The van der Waals surface area contributed by atoms with E-state index in [9.17, 15) is 0 Å². The van der Waals surface area contributed by atoms with Crippen LogP contribution in [0.2, 0.25) is 0 Å². The zero-order valence-corrected chi connectivity index (χ0v) is 16.5. The molecular formula is C27H23N. The van der Waals surface area contributed by atoms with Crippen LogP contribution in [-0.2, 0) is 5.41 Å². The molecule has 2 aromatic carbocycles. The molecule has 0 saturated carbocycles. The number of rotatable bonds is 0. The Kier molecular flexibility index (Phi) is 2.93. The maximum Gasteiger partial charge on any atom is 0.0728 e. The highest BCUT2D eigenvalue weighted by molar-refractivity contribution is 6.26. The first-order valence-electron chi connectivity index (χ1n) is 10.1. The molecule has 0 fully saturated rings. The second kappa shape index (κ2) is 5.11. The molecule has 4 aliphatic carbocycles. The third kappa shape index (κ3) is 1.55. The van der Waals surface area contributed by atoms with Gasteiger partial charge in [0, 0.05) is 29.0 Å². The van der Waals surface area contributed by atoms with Crippen molar-refractivity contribution < 1.29 is 0 Å². The maximum atomic E-state index is 4.71. The van der Waals surface area contributed by atoms with Gasteiger partial charge >= 0.3 is 0 Å². The summed E-state index contributed by atoms with van der Waals surface area (Å²) in [6.45, 7) is 4.80. The molecular weight excluding hydrogens is 338 g/mol. The van der Waals surface area contributed by atoms with Crippen molar-refractivity contribution in [1.29, 1.82) is 0 Å². The average Bonchev–Trinajstić information content (AvgIpc) is 3.01. The fourth-order valence-electron chi connectivity index (χ4n) is 6.32. The Morgan fingerprint density at radius 2 is 1.57 bits per heavy atom. The van der Waals surface area contributed by atoms with E-state index in [0.717, 1.165) is 5.71 Å². The summed E-state index contributed by atoms with van der Waals surface area (Å²) in [6, 6.07) is 13.6. The highest BCUT2D eigenvalue weighted by atomic mass is 14.7. The third-order valence-electron chi connectivity index (χ3n) is 7.55. The van der Waals surface area contributed by atoms with Gasteiger partial charge in [-0.2, -0.15) is 0 Å². The Balaban J connectivity index is 1.88. The van der Waals surface area contributed by atoms with Crippen molar-refractivity contribution in [3.8, 4) is 11.1 Å². The second-order valence-electron chi connectivity index (χ2n) is 8.57. The minimum absolute atomic E-state index is 0.0887. The van der Waals surface area contributed by atoms with Gasteiger partial charge in [0.2, 0.25) is 0 Å². The van der Waals surface area contributed by atoms with Gasteiger partial charge in [-0.1, -0.05) is 92.8 Å². The first kappa shape index (κ1) is 16.1. The first-order valence-corrected chi connectivity index (χ1v) is 10.1. The van der Waals surface area contributed by atoms with E-state index >= 15 is 0 Å². The average molecular weight is 361 g/mol. The molecule has 1 nitrogen and oxygen atoms in total. The number of aliphatic imine (C=N–C) groups is 1. The topological polar surface area (TPSA) is 12.4 Å². The quantitative estimate of drug-likeness (QED) is 0.458. The summed E-state index contributed by atoms with van der Waals surface area (Å²) < 4.78 is 0. The lowest BCUT2D eigenvalue weighted by atomic mass is 9.50. The van der Waals surface area contributed by atoms with Crippen molar-refractivity contribution in [2.24, 2.45) is 16.3 Å². The molecule has 1 heteroatoms. The van der Waals surface area contributed by atoms with Gasteiger partial charge in [-0.05, 0) is 33.7 Å². The second-order valence-corrected chi connectivity index (χ2v) is 8.57. The minimum atomic E-state index is -0.122. The minimum Gasteiger partial charge on any atom is -0.287 e. The summed E-state index contributed by atoms with van der Waals surface area (Å²) in [5, 5.41) is 0. The zero-order valence-electron chi connectivity index (χ0n) is 16.5. The van der Waals surface area contributed by atoms with Crippen LogP contribution in [0.1, 0.15) is 36.1 Å². The largest absolute Gasteiger partial charge is 0.287 e. The van der Waals surface area contributed by atoms with Crippen LogP contribution < -0.4 is 0 Å². The first-order chi connectivity index (χ1) is 13.6. The van der Waals surface area contributed by atoms with Gasteiger partial charge in [-0.3, -0.25) is 4.99 Å². The Bertz CT molecular complexity index is 1200. The number of allylic oxidation sites excluding steroid dienone is 8. The van der Waals surface area contributed by atoms with Crippen LogP contribution >= 0.6 is 0 Å². The monoisotopic (exact) mass is 361 g/mol. The number of benzene rings is 2. The van der Waals surface area contributed by atoms with Crippen LogP contribution in [0, 0.1) is 11.3 Å². The lowest BCUT2D eigenvalue weighted by Crippen LogP contribution is -2.47. The fourth-order valence-corrected chi connectivity index (χ4v) is 6.32. The smallest absolute Gasteiger partial charge is 0.0728 e. The van der Waals surface area contributed by atoms with Crippen molar-refractivity contribution in [1.82, 2.24) is 0 Å². The molecule has 6 rings (SSSR count). The lowest BCUT2D eigenvalue weighted by molar-refractivity contribution is 0.261. The molecule has 4 aliphatic rings. The van der Waals surface area contributed by atoms with E-state index in [4.69, 9.17) is 4.99 Å². The molecule has 2 aromatic rings. The summed E-state index contributed by atoms with van der Waals surface area (Å²) in [7, 11) is 1.92. The molecule has 0 radical (unpaired) electrons. The lowest BCUT2D eigenvalue weighted by Gasteiger charge is -2.52. The van der Waals surface area contributed by atoms with Crippen LogP contribution in [0.4, 0.5) is 0 Å². The summed E-state index contributed by atoms with van der Waals surface area (Å²) in [4.78, 5) is 4.71. The van der Waals surface area contributed by atoms with Crippen molar-refractivity contribution in [3.63, 3.8) is 0 Å². The number of hydrogen-bond acceptors (Lipinski definition) is 1. The van der Waals surface area contributed by atoms with Gasteiger partial charge in [-0.15, -0.1) is 0 Å². The molecule has 3 atom stereocenters. The highest BCUT2D eigenvalue weighted by Gasteiger charge is 2.56. The molecule has 28 heavy (non-hydrogen) atoms. The van der Waals surface area contributed by atoms with Gasteiger partial charge in [0.25, 0.3) is 0 Å². The molecule has 0 bridgehead atoms. The molecule has 0 amide bonds. The number of nitrogens with zero attached hydrogens (tertiary/aromatic N) is 1. The molecule has 0 aromatic heterocycles. The van der Waals surface area contributed by atoms with Gasteiger partial charge in [0.15, 0.2) is 0 Å². The van der Waals surface area contributed by atoms with Gasteiger partial charge < -0.3 is 0 Å². The predicted molar refractivity (Wildman–Crippen MR) is 118 cm³/mol. The predicted octanol–water partition coefficient (Wildman–Crippen LogP) is 6.11. The highest BCUT2D eigenvalue weighted by Crippen LogP contribution is 2.65. The molecule has 0 aliphatic heterocycles. The molecule has 0 saturated heterocycles.